The summed E-state index contributed by atoms with van der Waals surface area (Å²) in [5.41, 5.74) is 3.11. The molecule has 2 aliphatic heterocycles. The maximum Gasteiger partial charge on any atom is 0.251 e. The molecule has 2 aromatic carbocycles. The van der Waals surface area contributed by atoms with Gasteiger partial charge in [-0.25, -0.2) is 8.42 Å². The van der Waals surface area contributed by atoms with Crippen molar-refractivity contribution in [1.29, 1.82) is 0 Å². The van der Waals surface area contributed by atoms with Crippen LogP contribution < -0.4 is 16.0 Å². The van der Waals surface area contributed by atoms with E-state index >= 15 is 0 Å². The second-order valence-electron chi connectivity index (χ2n) is 8.99. The molecule has 0 radical (unpaired) electrons. The van der Waals surface area contributed by atoms with Gasteiger partial charge in [0.05, 0.1) is 36.1 Å². The van der Waals surface area contributed by atoms with Crippen molar-refractivity contribution < 1.29 is 22.7 Å². The lowest BCUT2D eigenvalue weighted by atomic mass is 10.1. The molecule has 2 aromatic rings. The fourth-order valence-electron chi connectivity index (χ4n) is 4.26. The van der Waals surface area contributed by atoms with E-state index in [0.717, 1.165) is 50.4 Å². The molecule has 10 heteroatoms. The predicted octanol–water partition coefficient (Wildman–Crippen LogP) is 1.79. The largest absolute Gasteiger partial charge is 0.379 e. The van der Waals surface area contributed by atoms with E-state index in [1.807, 2.05) is 19.1 Å². The average Bonchev–Trinajstić information content (AvgIpc) is 2.84. The first kappa shape index (κ1) is 25.2. The summed E-state index contributed by atoms with van der Waals surface area (Å²) >= 11 is 0. The molecule has 4 rings (SSSR count). The molecule has 0 saturated carbocycles. The van der Waals surface area contributed by atoms with Crippen LogP contribution in [0.3, 0.4) is 0 Å². The van der Waals surface area contributed by atoms with Crippen molar-refractivity contribution >= 4 is 33.0 Å². The number of morpholine rings is 1. The average molecular weight is 501 g/mol. The SMILES string of the molecule is Cc1ccccc1CS(=O)(=O)C[C@@H]1Nc2ccc(C(=O)NCCCN3CCOCC3)cc2NC1=O. The Bertz CT molecular complexity index is 1180. The summed E-state index contributed by atoms with van der Waals surface area (Å²) in [5.74, 6) is -1.10. The van der Waals surface area contributed by atoms with Gasteiger partial charge in [0.2, 0.25) is 5.91 Å². The molecule has 0 aromatic heterocycles. The van der Waals surface area contributed by atoms with Gasteiger partial charge in [-0.3, -0.25) is 14.5 Å². The number of nitrogens with one attached hydrogen (secondary N) is 3. The Morgan fingerprint density at radius 2 is 1.91 bits per heavy atom. The maximum absolute atomic E-state index is 12.8. The molecule has 0 bridgehead atoms. The maximum atomic E-state index is 12.8. The molecule has 0 unspecified atom stereocenters. The predicted molar refractivity (Wildman–Crippen MR) is 135 cm³/mol. The zero-order chi connectivity index (χ0) is 24.8. The summed E-state index contributed by atoms with van der Waals surface area (Å²) in [4.78, 5) is 27.5. The highest BCUT2D eigenvalue weighted by atomic mass is 32.2. The van der Waals surface area contributed by atoms with Gasteiger partial charge in [0.25, 0.3) is 5.91 Å². The molecule has 2 heterocycles. The number of hydrogen-bond acceptors (Lipinski definition) is 7. The minimum Gasteiger partial charge on any atom is -0.379 e. The summed E-state index contributed by atoms with van der Waals surface area (Å²) in [6, 6.07) is 11.4. The van der Waals surface area contributed by atoms with Crippen LogP contribution in [-0.4, -0.2) is 76.3 Å². The van der Waals surface area contributed by atoms with E-state index < -0.39 is 21.8 Å². The number of fused-ring (bicyclic) bond motifs is 1. The summed E-state index contributed by atoms with van der Waals surface area (Å²) in [6.45, 7) is 6.66. The molecule has 9 nitrogen and oxygen atoms in total. The number of aryl methyl sites for hydroxylation is 1. The first-order valence-electron chi connectivity index (χ1n) is 11.9. The van der Waals surface area contributed by atoms with Crippen LogP contribution in [0.25, 0.3) is 0 Å². The van der Waals surface area contributed by atoms with Gasteiger partial charge in [0.1, 0.15) is 6.04 Å². The lowest BCUT2D eigenvalue weighted by Gasteiger charge is -2.27. The van der Waals surface area contributed by atoms with Crippen molar-refractivity contribution in [3.63, 3.8) is 0 Å². The highest BCUT2D eigenvalue weighted by Gasteiger charge is 2.30. The molecule has 188 valence electrons. The van der Waals surface area contributed by atoms with Gasteiger partial charge in [-0.1, -0.05) is 24.3 Å². The third-order valence-electron chi connectivity index (χ3n) is 6.28. The van der Waals surface area contributed by atoms with Crippen molar-refractivity contribution in [2.45, 2.75) is 25.1 Å². The molecule has 1 fully saturated rings. The number of nitrogens with zero attached hydrogens (tertiary/aromatic N) is 1. The first-order valence-corrected chi connectivity index (χ1v) is 13.7. The van der Waals surface area contributed by atoms with Gasteiger partial charge in [0, 0.05) is 25.2 Å². The smallest absolute Gasteiger partial charge is 0.251 e. The van der Waals surface area contributed by atoms with E-state index in [4.69, 9.17) is 4.74 Å². The molecule has 3 N–H and O–H groups in total. The highest BCUT2D eigenvalue weighted by molar-refractivity contribution is 7.90. The number of sulfone groups is 1. The van der Waals surface area contributed by atoms with Crippen LogP contribution >= 0.6 is 0 Å². The number of hydrogen-bond donors (Lipinski definition) is 3. The normalized spacial score (nSPS) is 18.3. The van der Waals surface area contributed by atoms with E-state index in [0.29, 0.717) is 23.5 Å². The number of amides is 2. The molecule has 1 saturated heterocycles. The molecule has 1 atom stereocenters. The van der Waals surface area contributed by atoms with Crippen molar-refractivity contribution in [3.05, 3.63) is 59.2 Å². The Morgan fingerprint density at radius 3 is 2.69 bits per heavy atom. The van der Waals surface area contributed by atoms with Crippen LogP contribution in [0.1, 0.15) is 27.9 Å². The fraction of sp³-hybridized carbons (Fsp3) is 0.440. The van der Waals surface area contributed by atoms with Gasteiger partial charge >= 0.3 is 0 Å². The van der Waals surface area contributed by atoms with E-state index in [2.05, 4.69) is 20.9 Å². The van der Waals surface area contributed by atoms with Crippen molar-refractivity contribution in [3.8, 4) is 0 Å². The third kappa shape index (κ3) is 6.81. The van der Waals surface area contributed by atoms with Crippen LogP contribution in [0.2, 0.25) is 0 Å². The van der Waals surface area contributed by atoms with Crippen LogP contribution in [-0.2, 0) is 25.1 Å². The topological polar surface area (TPSA) is 117 Å². The van der Waals surface area contributed by atoms with Crippen LogP contribution in [0, 0.1) is 6.92 Å². The summed E-state index contributed by atoms with van der Waals surface area (Å²) in [5, 5.41) is 8.68. The summed E-state index contributed by atoms with van der Waals surface area (Å²) < 4.78 is 30.9. The first-order chi connectivity index (χ1) is 16.8. The molecule has 35 heavy (non-hydrogen) atoms. The van der Waals surface area contributed by atoms with E-state index in [1.165, 1.54) is 0 Å². The zero-order valence-electron chi connectivity index (χ0n) is 19.9. The van der Waals surface area contributed by atoms with Gasteiger partial charge in [-0.05, 0) is 49.2 Å². The monoisotopic (exact) mass is 500 g/mol. The third-order valence-corrected chi connectivity index (χ3v) is 7.88. The molecule has 0 aliphatic carbocycles. The van der Waals surface area contributed by atoms with Gasteiger partial charge in [-0.2, -0.15) is 0 Å². The number of carbonyl (C=O) groups excluding carboxylic acids is 2. The number of ether oxygens (including phenoxy) is 1. The standard InChI is InChI=1S/C25H32N4O5S/c1-18-5-2-3-6-20(18)16-35(32,33)17-23-25(31)28-22-15-19(7-8-21(22)27-23)24(30)26-9-4-10-29-11-13-34-14-12-29/h2-3,5-8,15,23,27H,4,9-14,16-17H2,1H3,(H,26,30)(H,28,31)/t23-/m0/s1. The minimum absolute atomic E-state index is 0.122. The molecule has 0 spiro atoms. The molecular formula is C25H32N4O5S. The van der Waals surface area contributed by atoms with Crippen LogP contribution in [0.4, 0.5) is 11.4 Å². The van der Waals surface area contributed by atoms with Crippen molar-refractivity contribution in [2.24, 2.45) is 0 Å². The van der Waals surface area contributed by atoms with Gasteiger partial charge in [0.15, 0.2) is 9.84 Å². The lowest BCUT2D eigenvalue weighted by molar-refractivity contribution is -0.116. The summed E-state index contributed by atoms with van der Waals surface area (Å²) in [6.07, 6.45) is 0.841. The number of anilines is 2. The highest BCUT2D eigenvalue weighted by Crippen LogP contribution is 2.28. The van der Waals surface area contributed by atoms with Gasteiger partial charge < -0.3 is 20.7 Å². The van der Waals surface area contributed by atoms with Crippen LogP contribution in [0.5, 0.6) is 0 Å². The Hall–Kier alpha value is -2.95. The Labute approximate surface area is 206 Å². The molecule has 2 amide bonds. The van der Waals surface area contributed by atoms with E-state index in [-0.39, 0.29) is 17.4 Å². The quantitative estimate of drug-likeness (QED) is 0.450. The van der Waals surface area contributed by atoms with E-state index in [1.54, 1.807) is 30.3 Å². The lowest BCUT2D eigenvalue weighted by Crippen LogP contribution is -2.43. The van der Waals surface area contributed by atoms with E-state index in [9.17, 15) is 18.0 Å². The molecular weight excluding hydrogens is 468 g/mol. The van der Waals surface area contributed by atoms with Crippen molar-refractivity contribution in [1.82, 2.24) is 10.2 Å². The minimum atomic E-state index is -3.53. The Morgan fingerprint density at radius 1 is 1.14 bits per heavy atom. The second-order valence-corrected chi connectivity index (χ2v) is 11.1. The number of rotatable bonds is 9. The Kier molecular flexibility index (Phi) is 8.04. The summed E-state index contributed by atoms with van der Waals surface area (Å²) in [7, 11) is -3.53. The number of benzene rings is 2. The Balaban J connectivity index is 1.31. The fourth-order valence-corrected chi connectivity index (χ4v) is 5.92. The second kappa shape index (κ2) is 11.2. The zero-order valence-corrected chi connectivity index (χ0v) is 20.7. The van der Waals surface area contributed by atoms with Gasteiger partial charge in [-0.15, -0.1) is 0 Å². The number of carbonyl (C=O) groups is 2. The molecule has 2 aliphatic rings. The van der Waals surface area contributed by atoms with Crippen LogP contribution in [0.15, 0.2) is 42.5 Å². The van der Waals surface area contributed by atoms with Crippen molar-refractivity contribution in [2.75, 3.05) is 55.8 Å².